The number of aromatic nitrogens is 2. The van der Waals surface area contributed by atoms with Crippen LogP contribution in [0.15, 0.2) is 18.2 Å². The number of nitrogen functional groups attached to an aromatic ring is 1. The van der Waals surface area contributed by atoms with Gasteiger partial charge < -0.3 is 10.5 Å². The van der Waals surface area contributed by atoms with Crippen molar-refractivity contribution >= 4 is 29.0 Å². The van der Waals surface area contributed by atoms with Crippen LogP contribution >= 0.6 is 23.2 Å². The molecule has 0 aliphatic carbocycles. The van der Waals surface area contributed by atoms with E-state index >= 15 is 0 Å². The summed E-state index contributed by atoms with van der Waals surface area (Å²) in [6, 6.07) is 5.55. The third-order valence-corrected chi connectivity index (χ3v) is 3.40. The highest BCUT2D eigenvalue weighted by molar-refractivity contribution is 6.33. The minimum atomic E-state index is 0.459. The van der Waals surface area contributed by atoms with Gasteiger partial charge in [0, 0.05) is 0 Å². The van der Waals surface area contributed by atoms with E-state index in [1.165, 1.54) is 0 Å². The molecule has 0 aliphatic rings. The second-order valence-electron chi connectivity index (χ2n) is 3.91. The first-order valence-corrected chi connectivity index (χ1v) is 6.09. The molecule has 96 valence electrons. The number of halogens is 2. The Hall–Kier alpha value is -1.39. The smallest absolute Gasteiger partial charge is 0.141 e. The Morgan fingerprint density at radius 1 is 1.39 bits per heavy atom. The van der Waals surface area contributed by atoms with Crippen molar-refractivity contribution in [2.24, 2.45) is 0 Å². The fourth-order valence-corrected chi connectivity index (χ4v) is 2.09. The predicted molar refractivity (Wildman–Crippen MR) is 73.5 cm³/mol. The van der Waals surface area contributed by atoms with E-state index < -0.39 is 0 Å². The average Bonchev–Trinajstić information content (AvgIpc) is 2.57. The van der Waals surface area contributed by atoms with E-state index in [1.807, 2.05) is 25.1 Å². The molecule has 0 saturated heterocycles. The summed E-state index contributed by atoms with van der Waals surface area (Å²) < 4.78 is 6.75. The van der Waals surface area contributed by atoms with E-state index in [4.69, 9.17) is 33.7 Å². The SMILES string of the molecule is COc1ccc(Cn2nc(C)c(Cl)c2N)cc1Cl. The van der Waals surface area contributed by atoms with Gasteiger partial charge in [-0.05, 0) is 24.6 Å². The molecule has 0 bridgehead atoms. The topological polar surface area (TPSA) is 53.1 Å². The zero-order chi connectivity index (χ0) is 13.3. The van der Waals surface area contributed by atoms with Gasteiger partial charge in [-0.1, -0.05) is 29.3 Å². The summed E-state index contributed by atoms with van der Waals surface area (Å²) >= 11 is 12.0. The van der Waals surface area contributed by atoms with Crippen molar-refractivity contribution in [2.75, 3.05) is 12.8 Å². The van der Waals surface area contributed by atoms with Crippen molar-refractivity contribution in [1.29, 1.82) is 0 Å². The monoisotopic (exact) mass is 285 g/mol. The van der Waals surface area contributed by atoms with E-state index in [9.17, 15) is 0 Å². The van der Waals surface area contributed by atoms with Crippen molar-refractivity contribution in [3.63, 3.8) is 0 Å². The summed E-state index contributed by atoms with van der Waals surface area (Å²) in [7, 11) is 1.58. The third-order valence-electron chi connectivity index (χ3n) is 2.64. The molecule has 1 aromatic carbocycles. The molecule has 0 spiro atoms. The van der Waals surface area contributed by atoms with Crippen LogP contribution in [0, 0.1) is 6.92 Å². The quantitative estimate of drug-likeness (QED) is 0.943. The molecule has 0 aliphatic heterocycles. The van der Waals surface area contributed by atoms with Gasteiger partial charge in [-0.25, -0.2) is 4.68 Å². The summed E-state index contributed by atoms with van der Waals surface area (Å²) in [5.41, 5.74) is 7.55. The second kappa shape index (κ2) is 5.08. The predicted octanol–water partition coefficient (Wildman–Crippen LogP) is 3.14. The first-order valence-electron chi connectivity index (χ1n) is 5.33. The first-order chi connectivity index (χ1) is 8.52. The summed E-state index contributed by atoms with van der Waals surface area (Å²) in [6.07, 6.45) is 0. The van der Waals surface area contributed by atoms with Crippen LogP contribution in [0.5, 0.6) is 5.75 Å². The van der Waals surface area contributed by atoms with E-state index in [0.717, 1.165) is 5.56 Å². The number of ether oxygens (including phenoxy) is 1. The van der Waals surface area contributed by atoms with Crippen LogP contribution in [0.3, 0.4) is 0 Å². The highest BCUT2D eigenvalue weighted by atomic mass is 35.5. The standard InChI is InChI=1S/C12H13Cl2N3O/c1-7-11(14)12(15)17(16-7)6-8-3-4-10(18-2)9(13)5-8/h3-5H,6,15H2,1-2H3. The van der Waals surface area contributed by atoms with Gasteiger partial charge in [0.2, 0.25) is 0 Å². The molecule has 2 N–H and O–H groups in total. The number of hydrogen-bond donors (Lipinski definition) is 1. The Morgan fingerprint density at radius 2 is 2.11 bits per heavy atom. The van der Waals surface area contributed by atoms with Gasteiger partial charge in [0.15, 0.2) is 0 Å². The second-order valence-corrected chi connectivity index (χ2v) is 4.70. The molecule has 2 aromatic rings. The zero-order valence-electron chi connectivity index (χ0n) is 10.1. The number of methoxy groups -OCH3 is 1. The van der Waals surface area contributed by atoms with Gasteiger partial charge in [0.25, 0.3) is 0 Å². The van der Waals surface area contributed by atoms with Crippen molar-refractivity contribution in [1.82, 2.24) is 9.78 Å². The number of aryl methyl sites for hydroxylation is 1. The Labute approximate surface area is 115 Å². The molecule has 4 nitrogen and oxygen atoms in total. The third kappa shape index (κ3) is 2.40. The van der Waals surface area contributed by atoms with Crippen LogP contribution in [0.1, 0.15) is 11.3 Å². The van der Waals surface area contributed by atoms with Gasteiger partial charge in [-0.15, -0.1) is 0 Å². The lowest BCUT2D eigenvalue weighted by molar-refractivity contribution is 0.415. The lowest BCUT2D eigenvalue weighted by Crippen LogP contribution is -2.06. The summed E-state index contributed by atoms with van der Waals surface area (Å²) in [6.45, 7) is 2.33. The van der Waals surface area contributed by atoms with Crippen LogP contribution in [-0.2, 0) is 6.54 Å². The van der Waals surface area contributed by atoms with Crippen LogP contribution < -0.4 is 10.5 Å². The Kier molecular flexibility index (Phi) is 3.68. The highest BCUT2D eigenvalue weighted by Gasteiger charge is 2.11. The van der Waals surface area contributed by atoms with Gasteiger partial charge in [0.1, 0.15) is 16.6 Å². The van der Waals surface area contributed by atoms with Crippen molar-refractivity contribution in [3.05, 3.63) is 39.5 Å². The van der Waals surface area contributed by atoms with E-state index in [0.29, 0.717) is 33.9 Å². The number of benzene rings is 1. The summed E-state index contributed by atoms with van der Waals surface area (Å²) in [5, 5.41) is 5.32. The van der Waals surface area contributed by atoms with Gasteiger partial charge >= 0.3 is 0 Å². The molecule has 18 heavy (non-hydrogen) atoms. The van der Waals surface area contributed by atoms with Crippen molar-refractivity contribution in [2.45, 2.75) is 13.5 Å². The first kappa shape index (κ1) is 13.1. The molecular weight excluding hydrogens is 273 g/mol. The molecule has 0 amide bonds. The maximum atomic E-state index is 6.06. The van der Waals surface area contributed by atoms with E-state index in [-0.39, 0.29) is 0 Å². The largest absolute Gasteiger partial charge is 0.495 e. The molecule has 0 fully saturated rings. The molecule has 6 heteroatoms. The van der Waals surface area contributed by atoms with Gasteiger partial charge in [-0.2, -0.15) is 5.10 Å². The van der Waals surface area contributed by atoms with Crippen molar-refractivity contribution < 1.29 is 4.74 Å². The molecule has 1 aromatic heterocycles. The number of rotatable bonds is 3. The number of nitrogens with zero attached hydrogens (tertiary/aromatic N) is 2. The number of anilines is 1. The Balaban J connectivity index is 2.28. The number of nitrogens with two attached hydrogens (primary N) is 1. The normalized spacial score (nSPS) is 10.7. The maximum Gasteiger partial charge on any atom is 0.141 e. The molecule has 1 heterocycles. The lowest BCUT2D eigenvalue weighted by Gasteiger charge is -2.07. The van der Waals surface area contributed by atoms with Crippen LogP contribution in [0.4, 0.5) is 5.82 Å². The van der Waals surface area contributed by atoms with Gasteiger partial charge in [-0.3, -0.25) is 0 Å². The molecule has 0 unspecified atom stereocenters. The van der Waals surface area contributed by atoms with E-state index in [2.05, 4.69) is 5.10 Å². The summed E-state index contributed by atoms with van der Waals surface area (Å²) in [4.78, 5) is 0. The molecular formula is C12H13Cl2N3O. The highest BCUT2D eigenvalue weighted by Crippen LogP contribution is 2.27. The fourth-order valence-electron chi connectivity index (χ4n) is 1.68. The molecule has 2 rings (SSSR count). The lowest BCUT2D eigenvalue weighted by atomic mass is 10.2. The Morgan fingerprint density at radius 3 is 2.61 bits per heavy atom. The molecule has 0 atom stereocenters. The summed E-state index contributed by atoms with van der Waals surface area (Å²) in [5.74, 6) is 1.10. The fraction of sp³-hybridized carbons (Fsp3) is 0.250. The average molecular weight is 286 g/mol. The van der Waals surface area contributed by atoms with Crippen LogP contribution in [-0.4, -0.2) is 16.9 Å². The van der Waals surface area contributed by atoms with E-state index in [1.54, 1.807) is 11.8 Å². The molecule has 0 radical (unpaired) electrons. The Bertz CT molecular complexity index is 581. The maximum absolute atomic E-state index is 6.06. The van der Waals surface area contributed by atoms with Gasteiger partial charge in [0.05, 0.1) is 24.4 Å². The van der Waals surface area contributed by atoms with Crippen molar-refractivity contribution in [3.8, 4) is 5.75 Å². The number of hydrogen-bond acceptors (Lipinski definition) is 3. The van der Waals surface area contributed by atoms with Crippen LogP contribution in [0.2, 0.25) is 10.0 Å². The zero-order valence-corrected chi connectivity index (χ0v) is 11.6. The minimum Gasteiger partial charge on any atom is -0.495 e. The molecule has 0 saturated carbocycles. The van der Waals surface area contributed by atoms with Crippen LogP contribution in [0.25, 0.3) is 0 Å². The minimum absolute atomic E-state index is 0.459.